The summed E-state index contributed by atoms with van der Waals surface area (Å²) in [7, 11) is 0. The Hall–Kier alpha value is -1.04. The van der Waals surface area contributed by atoms with Gasteiger partial charge in [-0.2, -0.15) is 0 Å². The summed E-state index contributed by atoms with van der Waals surface area (Å²) in [6.07, 6.45) is 4.70. The summed E-state index contributed by atoms with van der Waals surface area (Å²) in [5.74, 6) is 1.10. The van der Waals surface area contributed by atoms with Crippen molar-refractivity contribution in [1.29, 1.82) is 0 Å². The van der Waals surface area contributed by atoms with Crippen molar-refractivity contribution >= 4 is 23.4 Å². The van der Waals surface area contributed by atoms with Crippen molar-refractivity contribution in [2.45, 2.75) is 48.8 Å². The van der Waals surface area contributed by atoms with Gasteiger partial charge in [0.2, 0.25) is 0 Å². The van der Waals surface area contributed by atoms with Crippen LogP contribution in [0.15, 0.2) is 28.3 Å². The Morgan fingerprint density at radius 3 is 3.00 bits per heavy atom. The fraction of sp³-hybridized carbons (Fsp3) is 0.429. The minimum Gasteiger partial charge on any atom is -0.326 e. The molecule has 6 heteroatoms. The Kier molecular flexibility index (Phi) is 4.29. The molecule has 0 atom stereocenters. The van der Waals surface area contributed by atoms with Gasteiger partial charge in [0, 0.05) is 29.4 Å². The highest BCUT2D eigenvalue weighted by Crippen LogP contribution is 2.32. The summed E-state index contributed by atoms with van der Waals surface area (Å²) in [5.41, 5.74) is 6.85. The average Bonchev–Trinajstić information content (AvgIpc) is 2.69. The van der Waals surface area contributed by atoms with Gasteiger partial charge in [-0.05, 0) is 48.4 Å². The average molecular weight is 309 g/mol. The van der Waals surface area contributed by atoms with Crippen LogP contribution >= 0.6 is 23.4 Å². The molecule has 0 spiro atoms. The third kappa shape index (κ3) is 2.85. The van der Waals surface area contributed by atoms with Crippen LogP contribution < -0.4 is 5.73 Å². The summed E-state index contributed by atoms with van der Waals surface area (Å²) < 4.78 is 2.24. The van der Waals surface area contributed by atoms with Crippen LogP contribution in [0.25, 0.3) is 0 Å². The van der Waals surface area contributed by atoms with E-state index in [-0.39, 0.29) is 0 Å². The zero-order chi connectivity index (χ0) is 13.9. The lowest BCUT2D eigenvalue weighted by Crippen LogP contribution is -2.03. The molecule has 0 bridgehead atoms. The first-order chi connectivity index (χ1) is 9.78. The van der Waals surface area contributed by atoms with Crippen LogP contribution in [0.4, 0.5) is 0 Å². The van der Waals surface area contributed by atoms with Crippen LogP contribution in [0, 0.1) is 0 Å². The smallest absolute Gasteiger partial charge is 0.196 e. The quantitative estimate of drug-likeness (QED) is 0.945. The van der Waals surface area contributed by atoms with Gasteiger partial charge in [-0.15, -0.1) is 10.2 Å². The van der Waals surface area contributed by atoms with E-state index in [1.165, 1.54) is 19.3 Å². The van der Waals surface area contributed by atoms with Crippen molar-refractivity contribution in [1.82, 2.24) is 14.8 Å². The topological polar surface area (TPSA) is 56.7 Å². The Bertz CT molecular complexity index is 611. The van der Waals surface area contributed by atoms with Crippen molar-refractivity contribution in [3.8, 4) is 0 Å². The van der Waals surface area contributed by atoms with E-state index in [2.05, 4.69) is 14.8 Å². The second kappa shape index (κ2) is 6.16. The number of halogens is 1. The zero-order valence-electron chi connectivity index (χ0n) is 11.2. The van der Waals surface area contributed by atoms with E-state index in [1.54, 1.807) is 11.8 Å². The van der Waals surface area contributed by atoms with Crippen molar-refractivity contribution in [3.63, 3.8) is 0 Å². The van der Waals surface area contributed by atoms with Crippen LogP contribution in [0.5, 0.6) is 0 Å². The SMILES string of the molecule is NCc1cc(Cl)ccc1Sc1nnc2n1CCCCC2. The molecular weight excluding hydrogens is 292 g/mol. The Balaban J connectivity index is 1.90. The highest BCUT2D eigenvalue weighted by molar-refractivity contribution is 7.99. The van der Waals surface area contributed by atoms with Gasteiger partial charge >= 0.3 is 0 Å². The van der Waals surface area contributed by atoms with Gasteiger partial charge in [0.05, 0.1) is 0 Å². The minimum atomic E-state index is 0.476. The Morgan fingerprint density at radius 1 is 1.25 bits per heavy atom. The zero-order valence-corrected chi connectivity index (χ0v) is 12.8. The molecule has 0 saturated carbocycles. The van der Waals surface area contributed by atoms with Gasteiger partial charge < -0.3 is 10.3 Å². The first kappa shape index (κ1) is 13.9. The minimum absolute atomic E-state index is 0.476. The van der Waals surface area contributed by atoms with Crippen LogP contribution in [0.2, 0.25) is 5.02 Å². The maximum atomic E-state index is 6.02. The van der Waals surface area contributed by atoms with E-state index in [1.807, 2.05) is 18.2 Å². The lowest BCUT2D eigenvalue weighted by Gasteiger charge is -2.09. The molecule has 1 aromatic heterocycles. The standard InChI is InChI=1S/C14H17ClN4S/c15-11-5-6-12(10(8-11)9-16)20-14-18-17-13-4-2-1-3-7-19(13)14/h5-6,8H,1-4,7,9,16H2. The summed E-state index contributed by atoms with van der Waals surface area (Å²) in [6.45, 7) is 1.49. The third-order valence-electron chi connectivity index (χ3n) is 3.52. The Labute approximate surface area is 127 Å². The molecule has 3 rings (SSSR count). The van der Waals surface area contributed by atoms with Gasteiger partial charge in [0.25, 0.3) is 0 Å². The lowest BCUT2D eigenvalue weighted by molar-refractivity contribution is 0.591. The summed E-state index contributed by atoms with van der Waals surface area (Å²) in [5, 5.41) is 10.3. The Morgan fingerprint density at radius 2 is 2.15 bits per heavy atom. The molecule has 1 aliphatic rings. The first-order valence-corrected chi connectivity index (χ1v) is 8.06. The first-order valence-electron chi connectivity index (χ1n) is 6.86. The highest BCUT2D eigenvalue weighted by atomic mass is 35.5. The van der Waals surface area contributed by atoms with E-state index in [0.29, 0.717) is 6.54 Å². The molecule has 0 saturated heterocycles. The molecule has 2 aromatic rings. The van der Waals surface area contributed by atoms with E-state index in [9.17, 15) is 0 Å². The molecule has 4 nitrogen and oxygen atoms in total. The van der Waals surface area contributed by atoms with E-state index >= 15 is 0 Å². The van der Waals surface area contributed by atoms with Crippen molar-refractivity contribution < 1.29 is 0 Å². The molecule has 0 unspecified atom stereocenters. The number of aromatic nitrogens is 3. The normalized spacial score (nSPS) is 14.9. The van der Waals surface area contributed by atoms with Crippen LogP contribution in [-0.2, 0) is 19.5 Å². The van der Waals surface area contributed by atoms with E-state index in [4.69, 9.17) is 17.3 Å². The van der Waals surface area contributed by atoms with Gasteiger partial charge in [-0.3, -0.25) is 0 Å². The molecule has 1 aromatic carbocycles. The number of aryl methyl sites for hydroxylation is 1. The fourth-order valence-corrected chi connectivity index (χ4v) is 3.63. The summed E-state index contributed by atoms with van der Waals surface area (Å²) in [4.78, 5) is 1.11. The second-order valence-corrected chi connectivity index (χ2v) is 6.36. The molecule has 106 valence electrons. The van der Waals surface area contributed by atoms with Gasteiger partial charge in [-0.1, -0.05) is 18.0 Å². The number of fused-ring (bicyclic) bond motifs is 1. The van der Waals surface area contributed by atoms with Crippen LogP contribution in [0.1, 0.15) is 30.7 Å². The van der Waals surface area contributed by atoms with Gasteiger partial charge in [0.1, 0.15) is 5.82 Å². The number of rotatable bonds is 3. The van der Waals surface area contributed by atoms with Gasteiger partial charge in [-0.25, -0.2) is 0 Å². The monoisotopic (exact) mass is 308 g/mol. The van der Waals surface area contributed by atoms with Crippen molar-refractivity contribution in [2.75, 3.05) is 0 Å². The van der Waals surface area contributed by atoms with Crippen molar-refractivity contribution in [3.05, 3.63) is 34.6 Å². The fourth-order valence-electron chi connectivity index (χ4n) is 2.44. The van der Waals surface area contributed by atoms with Crippen LogP contribution in [0.3, 0.4) is 0 Å². The molecule has 0 aliphatic carbocycles. The molecular formula is C14H17ClN4S. The number of benzene rings is 1. The largest absolute Gasteiger partial charge is 0.326 e. The van der Waals surface area contributed by atoms with Crippen LogP contribution in [-0.4, -0.2) is 14.8 Å². The molecule has 0 amide bonds. The maximum Gasteiger partial charge on any atom is 0.196 e. The summed E-state index contributed by atoms with van der Waals surface area (Å²) >= 11 is 7.65. The third-order valence-corrected chi connectivity index (χ3v) is 4.86. The predicted octanol–water partition coefficient (Wildman–Crippen LogP) is 3.27. The maximum absolute atomic E-state index is 6.02. The molecule has 20 heavy (non-hydrogen) atoms. The molecule has 0 radical (unpaired) electrons. The summed E-state index contributed by atoms with van der Waals surface area (Å²) in [6, 6.07) is 5.82. The highest BCUT2D eigenvalue weighted by Gasteiger charge is 2.16. The molecule has 1 aliphatic heterocycles. The van der Waals surface area contributed by atoms with E-state index in [0.717, 1.165) is 39.4 Å². The van der Waals surface area contributed by atoms with Crippen molar-refractivity contribution in [2.24, 2.45) is 5.73 Å². The predicted molar refractivity (Wildman–Crippen MR) is 81.0 cm³/mol. The number of nitrogens with zero attached hydrogens (tertiary/aromatic N) is 3. The van der Waals surface area contributed by atoms with E-state index < -0.39 is 0 Å². The second-order valence-electron chi connectivity index (χ2n) is 4.92. The molecule has 2 heterocycles. The molecule has 2 N–H and O–H groups in total. The number of hydrogen-bond acceptors (Lipinski definition) is 4. The number of hydrogen-bond donors (Lipinski definition) is 1. The van der Waals surface area contributed by atoms with Gasteiger partial charge in [0.15, 0.2) is 5.16 Å². The lowest BCUT2D eigenvalue weighted by atomic mass is 10.2. The molecule has 0 fully saturated rings. The number of nitrogens with two attached hydrogens (primary N) is 1.